The van der Waals surface area contributed by atoms with E-state index in [4.69, 9.17) is 33.4 Å². The lowest BCUT2D eigenvalue weighted by atomic mass is 9.97. The van der Waals surface area contributed by atoms with Gasteiger partial charge in [-0.25, -0.2) is 18.2 Å². The van der Waals surface area contributed by atoms with Crippen molar-refractivity contribution in [1.82, 2.24) is 69.0 Å². The Morgan fingerprint density at radius 1 is 0.360 bits per heavy atom. The number of likely N-dealkylation sites (tertiary alicyclic amines) is 3. The molecule has 0 aliphatic carbocycles. The Kier molecular flexibility index (Phi) is 39.2. The first-order chi connectivity index (χ1) is 73.0. The van der Waals surface area contributed by atoms with Crippen molar-refractivity contribution in [1.29, 1.82) is 0 Å². The van der Waals surface area contributed by atoms with Gasteiger partial charge in [0.2, 0.25) is 0 Å². The molecule has 0 atom stereocenters. The maximum atomic E-state index is 13.3. The molecule has 9 heterocycles. The van der Waals surface area contributed by atoms with Gasteiger partial charge in [-0.2, -0.15) is 0 Å². The van der Waals surface area contributed by atoms with Crippen LogP contribution in [0.4, 0.5) is 13.2 Å². The molecule has 0 spiro atoms. The second-order valence-corrected chi connectivity index (χ2v) is 41.9. The summed E-state index contributed by atoms with van der Waals surface area (Å²) >= 11 is 1.85. The summed E-state index contributed by atoms with van der Waals surface area (Å²) in [6, 6.07) is 67.8. The van der Waals surface area contributed by atoms with Gasteiger partial charge in [0.1, 0.15) is 64.2 Å². The number of carbonyl (C=O) groups is 4. The summed E-state index contributed by atoms with van der Waals surface area (Å²) in [7, 11) is 6.71. The van der Waals surface area contributed by atoms with Gasteiger partial charge in [0.15, 0.2) is 0 Å². The Hall–Kier alpha value is -13.5. The number of ether oxygens (including phenoxy) is 6. The summed E-state index contributed by atoms with van der Waals surface area (Å²) in [4.78, 5) is 69.7. The van der Waals surface area contributed by atoms with E-state index in [1.165, 1.54) is 45.1 Å². The summed E-state index contributed by atoms with van der Waals surface area (Å²) < 4.78 is 84.1. The van der Waals surface area contributed by atoms with Crippen LogP contribution in [-0.2, 0) is 45.8 Å². The number of carbonyl (C=O) groups excluding carboxylic acids is 4. The Labute approximate surface area is 884 Å². The Morgan fingerprint density at radius 2 is 0.693 bits per heavy atom. The van der Waals surface area contributed by atoms with E-state index >= 15 is 0 Å². The monoisotopic (exact) mass is 2060 g/mol. The second-order valence-electron chi connectivity index (χ2n) is 40.8. The lowest BCUT2D eigenvalue weighted by molar-refractivity contribution is 0.0942. The van der Waals surface area contributed by atoms with E-state index < -0.39 is 0 Å². The third-order valence-electron chi connectivity index (χ3n) is 28.8. The van der Waals surface area contributed by atoms with Crippen molar-refractivity contribution in [2.24, 2.45) is 11.8 Å². The second kappa shape index (κ2) is 53.8. The Morgan fingerprint density at radius 3 is 1.05 bits per heavy atom. The zero-order chi connectivity index (χ0) is 105. The molecule has 28 heteroatoms. The van der Waals surface area contributed by atoms with Crippen molar-refractivity contribution in [3.63, 3.8) is 0 Å². The van der Waals surface area contributed by atoms with Crippen LogP contribution in [0.5, 0.6) is 34.5 Å². The van der Waals surface area contributed by atoms with E-state index in [2.05, 4.69) is 154 Å². The predicted molar refractivity (Wildman–Crippen MR) is 595 cm³/mol. The quantitative estimate of drug-likeness (QED) is 0.0281. The molecule has 150 heavy (non-hydrogen) atoms. The lowest BCUT2D eigenvalue weighted by Gasteiger charge is -2.32. The molecule has 4 saturated heterocycles. The van der Waals surface area contributed by atoms with Crippen LogP contribution < -0.4 is 49.7 Å². The van der Waals surface area contributed by atoms with Crippen LogP contribution in [0.2, 0.25) is 0 Å². The molecule has 0 unspecified atom stereocenters. The molecule has 0 radical (unpaired) electrons. The maximum Gasteiger partial charge on any atom is 0.253 e. The molecular weight excluding hydrogens is 1910 g/mol. The highest BCUT2D eigenvalue weighted by Crippen LogP contribution is 2.39. The van der Waals surface area contributed by atoms with E-state index in [1.807, 2.05) is 145 Å². The molecule has 24 nitrogen and oxygen atoms in total. The van der Waals surface area contributed by atoms with Crippen LogP contribution in [0.3, 0.4) is 0 Å². The number of rotatable bonds is 39. The molecule has 4 amide bonds. The number of hydrogen-bond acceptors (Lipinski definition) is 17. The maximum absolute atomic E-state index is 13.3. The van der Waals surface area contributed by atoms with Crippen LogP contribution in [0.25, 0.3) is 53.8 Å². The van der Waals surface area contributed by atoms with E-state index in [1.54, 1.807) is 64.8 Å². The largest absolute Gasteiger partial charge is 0.495 e. The standard InChI is InChI=1S/C33H36N4O2S.C32H36FN3O3.C29H39FN4O2.C28H36FN3O3/c1-23-8-5-9-24(20-23)21-34-32(38)27-22-37(31-26(27)10-6-12-29(31)39-2)17-7-16-36-18-14-25(15-19-36)33-35-28-11-3-4-13-30(28)40-33;1-23-6-3-7-24(20-23)21-34-32(37)29-22-36(31-28(29)8-4-9-30(31)38-2)17-5-16-35-18-14-27(15-19-35)39-26-12-10-25(33)11-13-26;1-22(2)19-31-29(35)26-21-34(28-25(26)7-4-8-27(28)36-3)16-6-14-32-13-5-15-33(18-17-32)20-23-9-11-24(30)12-10-23;1-20(2)18-30-28(33)25-19-32(27-24(25)6-4-7-26(27)34-3)15-5-14-31-16-12-23(13-17-31)35-22-10-8-21(29)9-11-22/h3-6,8-13,20,22,25H,7,14-19,21H2,1-2H3,(H,34,38);3-4,6-13,20,22,27H,5,14-19,21H2,1-2H3,(H,34,37);4,7-12,21-22H,5-6,13-20H2,1-3H3,(H,31,35);4,6-11,19-20,23H,5,12-18H2,1-3H3,(H,30,33). The number of nitrogens with zero attached hydrogens (tertiary/aromatic N) is 10. The van der Waals surface area contributed by atoms with Crippen molar-refractivity contribution in [3.8, 4) is 34.5 Å². The molecule has 4 fully saturated rings. The molecule has 10 aromatic carbocycles. The summed E-state index contributed by atoms with van der Waals surface area (Å²) in [5.74, 6) is 5.05. The van der Waals surface area contributed by atoms with Gasteiger partial charge >= 0.3 is 0 Å². The number of aromatic nitrogens is 5. The topological polar surface area (TPSA) is 221 Å². The van der Waals surface area contributed by atoms with Gasteiger partial charge in [-0.15, -0.1) is 11.3 Å². The minimum absolute atomic E-state index is 0.0329. The number of fused-ring (bicyclic) bond motifs is 5. The summed E-state index contributed by atoms with van der Waals surface area (Å²) in [5.41, 5.74) is 13.5. The SMILES string of the molecule is COc1cccc2c(C(=O)NCC(C)C)cn(CCCN3CCC(Oc4ccc(F)cc4)CC3)c12.COc1cccc2c(C(=O)NCC(C)C)cn(CCCN3CCCN(Cc4ccc(F)cc4)CC3)c12.COc1cccc2c(C(=O)NCc3cccc(C)c3)cn(CCCN3CCC(Oc4ccc(F)cc4)CC3)c12.COc1cccc2c(C(=O)NCc3cccc(C)c3)cn(CCCN3CCC(c4nc5ccccc5s4)CC3)c12. The first-order valence-electron chi connectivity index (χ1n) is 53.4. The predicted octanol–water partition coefficient (Wildman–Crippen LogP) is 22.6. The van der Waals surface area contributed by atoms with E-state index in [9.17, 15) is 32.3 Å². The van der Waals surface area contributed by atoms with Gasteiger partial charge in [0.05, 0.1) is 88.0 Å². The van der Waals surface area contributed by atoms with Gasteiger partial charge in [0, 0.05) is 150 Å². The fourth-order valence-electron chi connectivity index (χ4n) is 20.9. The number of hydrogen-bond donors (Lipinski definition) is 4. The van der Waals surface area contributed by atoms with Crippen molar-refractivity contribution >= 4 is 88.8 Å². The summed E-state index contributed by atoms with van der Waals surface area (Å²) in [6.45, 7) is 33.1. The summed E-state index contributed by atoms with van der Waals surface area (Å²) in [5, 5.41) is 17.3. The molecule has 792 valence electrons. The van der Waals surface area contributed by atoms with Crippen LogP contribution in [-0.4, -0.2) is 217 Å². The number of thiazole rings is 1. The Bertz CT molecular complexity index is 6900. The van der Waals surface area contributed by atoms with Gasteiger partial charge < -0.3 is 87.6 Å². The highest BCUT2D eigenvalue weighted by molar-refractivity contribution is 7.18. The third kappa shape index (κ3) is 29.6. The van der Waals surface area contributed by atoms with Crippen LogP contribution in [0.1, 0.15) is 178 Å². The minimum Gasteiger partial charge on any atom is -0.495 e. The number of amides is 4. The summed E-state index contributed by atoms with van der Waals surface area (Å²) in [6.07, 6.45) is 19.4. The average Bonchev–Trinajstić information content (AvgIpc) is 1.64. The highest BCUT2D eigenvalue weighted by atomic mass is 32.1. The number of methoxy groups -OCH3 is 4. The molecular formula is C122H147F3N14O10S. The third-order valence-corrected chi connectivity index (χ3v) is 30.0. The van der Waals surface area contributed by atoms with Crippen molar-refractivity contribution in [3.05, 3.63) is 316 Å². The minimum atomic E-state index is -0.250. The molecule has 5 aromatic heterocycles. The number of nitrogens with one attached hydrogen (secondary N) is 4. The lowest BCUT2D eigenvalue weighted by Crippen LogP contribution is -2.38. The number of piperidine rings is 3. The number of para-hydroxylation sites is 5. The first kappa shape index (κ1) is 109. The fourth-order valence-corrected chi connectivity index (χ4v) is 22.0. The zero-order valence-electron chi connectivity index (χ0n) is 88.6. The van der Waals surface area contributed by atoms with Crippen LogP contribution in [0.15, 0.2) is 243 Å². The van der Waals surface area contributed by atoms with Crippen LogP contribution in [0, 0.1) is 43.1 Å². The molecule has 4 aliphatic rings. The number of aryl methyl sites for hydroxylation is 6. The van der Waals surface area contributed by atoms with Gasteiger partial charge in [-0.3, -0.25) is 24.1 Å². The molecule has 4 N–H and O–H groups in total. The molecule has 4 aliphatic heterocycles. The smallest absolute Gasteiger partial charge is 0.253 e. The van der Waals surface area contributed by atoms with Crippen molar-refractivity contribution in [2.45, 2.75) is 176 Å². The zero-order valence-corrected chi connectivity index (χ0v) is 89.4. The fraction of sp³-hybridized carbons (Fsp3) is 0.402. The van der Waals surface area contributed by atoms with Crippen LogP contribution >= 0.6 is 11.3 Å². The first-order valence-corrected chi connectivity index (χ1v) is 54.2. The van der Waals surface area contributed by atoms with Crippen molar-refractivity contribution < 1.29 is 60.8 Å². The van der Waals surface area contributed by atoms with Gasteiger partial charge in [0.25, 0.3) is 23.6 Å². The number of benzene rings is 10. The molecule has 19 rings (SSSR count). The normalized spacial score (nSPS) is 14.8. The van der Waals surface area contributed by atoms with E-state index in [-0.39, 0.29) is 53.3 Å². The molecule has 0 bridgehead atoms. The highest BCUT2D eigenvalue weighted by Gasteiger charge is 2.30. The molecule has 15 aromatic rings. The molecule has 0 saturated carbocycles. The van der Waals surface area contributed by atoms with Crippen molar-refractivity contribution in [2.75, 3.05) is 133 Å². The van der Waals surface area contributed by atoms with Gasteiger partial charge in [-0.05, 0) is 262 Å². The Balaban J connectivity index is 0.000000143. The van der Waals surface area contributed by atoms with E-state index in [0.717, 1.165) is 295 Å². The number of halogens is 3. The van der Waals surface area contributed by atoms with E-state index in [0.29, 0.717) is 66.2 Å². The van der Waals surface area contributed by atoms with Gasteiger partial charge in [-0.1, -0.05) is 160 Å². The average molecular weight is 2060 g/mol.